The van der Waals surface area contributed by atoms with Gasteiger partial charge in [0.15, 0.2) is 0 Å². The van der Waals surface area contributed by atoms with Crippen LogP contribution in [-0.2, 0) is 0 Å². The van der Waals surface area contributed by atoms with Crippen molar-refractivity contribution in [2.24, 2.45) is 5.92 Å². The molecule has 0 amide bonds. The number of ether oxygens (including phenoxy) is 1. The zero-order valence-electron chi connectivity index (χ0n) is 10.7. The second-order valence-corrected chi connectivity index (χ2v) is 4.60. The third-order valence-corrected chi connectivity index (χ3v) is 3.47. The molecule has 0 spiro atoms. The van der Waals surface area contributed by atoms with Crippen LogP contribution >= 0.6 is 0 Å². The van der Waals surface area contributed by atoms with Gasteiger partial charge in [-0.1, -0.05) is 6.42 Å². The van der Waals surface area contributed by atoms with Crippen molar-refractivity contribution in [1.29, 1.82) is 0 Å². The van der Waals surface area contributed by atoms with Crippen molar-refractivity contribution in [3.05, 3.63) is 22.2 Å². The van der Waals surface area contributed by atoms with E-state index in [1.54, 1.807) is 0 Å². The third kappa shape index (κ3) is 2.93. The van der Waals surface area contributed by atoms with E-state index in [1.807, 2.05) is 0 Å². The first-order chi connectivity index (χ1) is 9.15. The topological polar surface area (TPSA) is 97.5 Å². The van der Waals surface area contributed by atoms with Crippen LogP contribution in [0.4, 0.5) is 11.5 Å². The van der Waals surface area contributed by atoms with Gasteiger partial charge in [-0.3, -0.25) is 10.1 Å². The van der Waals surface area contributed by atoms with Gasteiger partial charge in [-0.25, -0.2) is 0 Å². The number of anilines is 1. The minimum Gasteiger partial charge on any atom is -0.481 e. The molecule has 0 radical (unpaired) electrons. The van der Waals surface area contributed by atoms with Crippen molar-refractivity contribution in [2.45, 2.75) is 25.3 Å². The number of rotatable bonds is 5. The molecule has 1 fully saturated rings. The average molecular weight is 267 g/mol. The van der Waals surface area contributed by atoms with Crippen LogP contribution in [0.2, 0.25) is 0 Å². The van der Waals surface area contributed by atoms with Crippen molar-refractivity contribution >= 4 is 11.5 Å². The Morgan fingerprint density at radius 2 is 2.37 bits per heavy atom. The van der Waals surface area contributed by atoms with Gasteiger partial charge in [-0.2, -0.15) is 4.98 Å². The van der Waals surface area contributed by atoms with E-state index < -0.39 is 4.92 Å². The molecule has 1 aromatic heterocycles. The number of aliphatic hydroxyl groups is 1. The molecule has 7 heteroatoms. The third-order valence-electron chi connectivity index (χ3n) is 3.47. The summed E-state index contributed by atoms with van der Waals surface area (Å²) in [6, 6.07) is 2.85. The van der Waals surface area contributed by atoms with Crippen LogP contribution in [-0.4, -0.2) is 34.8 Å². The molecule has 2 N–H and O–H groups in total. The zero-order valence-corrected chi connectivity index (χ0v) is 10.7. The molecule has 2 rings (SSSR count). The van der Waals surface area contributed by atoms with E-state index in [0.717, 1.165) is 19.3 Å². The maximum Gasteiger partial charge on any atom is 0.311 e. The van der Waals surface area contributed by atoms with Gasteiger partial charge >= 0.3 is 5.69 Å². The van der Waals surface area contributed by atoms with Gasteiger partial charge in [0.05, 0.1) is 12.0 Å². The molecule has 0 bridgehead atoms. The smallest absolute Gasteiger partial charge is 0.311 e. The SMILES string of the molecule is COc1ccc([N+](=O)[O-])c(NC2CCCC2CO)n1. The highest BCUT2D eigenvalue weighted by molar-refractivity contribution is 5.57. The normalized spacial score (nSPS) is 22.2. The Kier molecular flexibility index (Phi) is 4.16. The molecular weight excluding hydrogens is 250 g/mol. The number of hydrogen-bond acceptors (Lipinski definition) is 6. The summed E-state index contributed by atoms with van der Waals surface area (Å²) in [5.41, 5.74) is -0.0793. The molecule has 0 aliphatic heterocycles. The molecule has 104 valence electrons. The highest BCUT2D eigenvalue weighted by Gasteiger charge is 2.29. The number of pyridine rings is 1. The monoisotopic (exact) mass is 267 g/mol. The molecule has 0 saturated heterocycles. The predicted molar refractivity (Wildman–Crippen MR) is 69.3 cm³/mol. The van der Waals surface area contributed by atoms with E-state index in [1.165, 1.54) is 19.2 Å². The molecule has 2 atom stereocenters. The molecule has 1 aliphatic rings. The summed E-state index contributed by atoms with van der Waals surface area (Å²) in [4.78, 5) is 14.6. The number of nitrogens with zero attached hydrogens (tertiary/aromatic N) is 2. The standard InChI is InChI=1S/C12H17N3O4/c1-19-11-6-5-10(15(17)18)12(14-11)13-9-4-2-3-8(9)7-16/h5-6,8-9,16H,2-4,7H2,1H3,(H,13,14). The van der Waals surface area contributed by atoms with Gasteiger partial charge in [0.25, 0.3) is 0 Å². The first kappa shape index (κ1) is 13.5. The zero-order chi connectivity index (χ0) is 13.8. The minimum atomic E-state index is -0.475. The first-order valence-electron chi connectivity index (χ1n) is 6.22. The summed E-state index contributed by atoms with van der Waals surface area (Å²) >= 11 is 0. The Balaban J connectivity index is 2.24. The van der Waals surface area contributed by atoms with Crippen LogP contribution < -0.4 is 10.1 Å². The molecule has 1 heterocycles. The number of nitro groups is 1. The number of nitrogens with one attached hydrogen (secondary N) is 1. The summed E-state index contributed by atoms with van der Waals surface area (Å²) in [6.45, 7) is 0.0788. The van der Waals surface area contributed by atoms with E-state index in [0.29, 0.717) is 5.88 Å². The fourth-order valence-electron chi connectivity index (χ4n) is 2.42. The number of hydrogen-bond donors (Lipinski definition) is 2. The molecule has 2 unspecified atom stereocenters. The second-order valence-electron chi connectivity index (χ2n) is 4.60. The largest absolute Gasteiger partial charge is 0.481 e. The molecular formula is C12H17N3O4. The van der Waals surface area contributed by atoms with Gasteiger partial charge in [-0.15, -0.1) is 0 Å². The molecule has 1 aromatic rings. The van der Waals surface area contributed by atoms with E-state index in [2.05, 4.69) is 10.3 Å². The minimum absolute atomic E-state index is 0.0170. The fraction of sp³-hybridized carbons (Fsp3) is 0.583. The van der Waals surface area contributed by atoms with Gasteiger partial charge in [0, 0.05) is 30.7 Å². The lowest BCUT2D eigenvalue weighted by Crippen LogP contribution is -2.27. The maximum absolute atomic E-state index is 11.0. The summed E-state index contributed by atoms with van der Waals surface area (Å²) in [5.74, 6) is 0.647. The fourth-order valence-corrected chi connectivity index (χ4v) is 2.42. The first-order valence-corrected chi connectivity index (χ1v) is 6.22. The Morgan fingerprint density at radius 1 is 1.58 bits per heavy atom. The Bertz CT molecular complexity index is 466. The van der Waals surface area contributed by atoms with Crippen molar-refractivity contribution in [3.63, 3.8) is 0 Å². The van der Waals surface area contributed by atoms with Crippen LogP contribution in [0.3, 0.4) is 0 Å². The maximum atomic E-state index is 11.0. The quantitative estimate of drug-likeness (QED) is 0.620. The van der Waals surface area contributed by atoms with E-state index in [-0.39, 0.29) is 30.1 Å². The molecule has 0 aromatic carbocycles. The van der Waals surface area contributed by atoms with Gasteiger partial charge in [0.2, 0.25) is 11.7 Å². The molecule has 1 aliphatic carbocycles. The lowest BCUT2D eigenvalue weighted by molar-refractivity contribution is -0.384. The number of aliphatic hydroxyl groups excluding tert-OH is 1. The molecule has 19 heavy (non-hydrogen) atoms. The highest BCUT2D eigenvalue weighted by atomic mass is 16.6. The van der Waals surface area contributed by atoms with Crippen molar-refractivity contribution in [2.75, 3.05) is 19.0 Å². The predicted octanol–water partition coefficient (Wildman–Crippen LogP) is 1.57. The van der Waals surface area contributed by atoms with E-state index >= 15 is 0 Å². The van der Waals surface area contributed by atoms with Gasteiger partial charge in [0.1, 0.15) is 0 Å². The Hall–Kier alpha value is -1.89. The van der Waals surface area contributed by atoms with Crippen LogP contribution in [0.25, 0.3) is 0 Å². The summed E-state index contributed by atoms with van der Waals surface area (Å²) in [7, 11) is 1.46. The van der Waals surface area contributed by atoms with Crippen LogP contribution in [0, 0.1) is 16.0 Å². The van der Waals surface area contributed by atoms with Gasteiger partial charge < -0.3 is 15.2 Å². The summed E-state index contributed by atoms with van der Waals surface area (Å²) in [5, 5.41) is 23.3. The second kappa shape index (κ2) is 5.83. The van der Waals surface area contributed by atoms with E-state index in [4.69, 9.17) is 4.74 Å². The van der Waals surface area contributed by atoms with Crippen LogP contribution in [0.5, 0.6) is 5.88 Å². The number of aromatic nitrogens is 1. The van der Waals surface area contributed by atoms with Crippen LogP contribution in [0.15, 0.2) is 12.1 Å². The number of methoxy groups -OCH3 is 1. The summed E-state index contributed by atoms with van der Waals surface area (Å²) < 4.78 is 4.98. The Morgan fingerprint density at radius 3 is 3.00 bits per heavy atom. The van der Waals surface area contributed by atoms with E-state index in [9.17, 15) is 15.2 Å². The van der Waals surface area contributed by atoms with Crippen molar-refractivity contribution < 1.29 is 14.8 Å². The summed E-state index contributed by atoms with van der Waals surface area (Å²) in [6.07, 6.45) is 2.80. The Labute approximate surface area is 110 Å². The molecule has 7 nitrogen and oxygen atoms in total. The molecule has 1 saturated carbocycles. The van der Waals surface area contributed by atoms with Crippen molar-refractivity contribution in [1.82, 2.24) is 4.98 Å². The lowest BCUT2D eigenvalue weighted by atomic mass is 10.1. The van der Waals surface area contributed by atoms with Crippen molar-refractivity contribution in [3.8, 4) is 5.88 Å². The lowest BCUT2D eigenvalue weighted by Gasteiger charge is -2.19. The highest BCUT2D eigenvalue weighted by Crippen LogP contribution is 2.31. The van der Waals surface area contributed by atoms with Gasteiger partial charge in [-0.05, 0) is 12.8 Å². The van der Waals surface area contributed by atoms with Crippen LogP contribution in [0.1, 0.15) is 19.3 Å². The average Bonchev–Trinajstić information content (AvgIpc) is 2.85.